The van der Waals surface area contributed by atoms with Crippen LogP contribution in [0.2, 0.25) is 10.0 Å². The summed E-state index contributed by atoms with van der Waals surface area (Å²) in [4.78, 5) is 4.86. The average Bonchev–Trinajstić information content (AvgIpc) is 2.51. The number of nitrogens with one attached hydrogen (secondary N) is 1. The molecule has 2 aromatic carbocycles. The van der Waals surface area contributed by atoms with E-state index in [0.29, 0.717) is 21.5 Å². The minimum Gasteiger partial charge on any atom is -0.493 e. The minimum absolute atomic E-state index is 0.239. The molecule has 25 heavy (non-hydrogen) atoms. The van der Waals surface area contributed by atoms with Crippen molar-refractivity contribution < 1.29 is 9.47 Å². The molecule has 0 radical (unpaired) electrons. The molecule has 2 aromatic rings. The van der Waals surface area contributed by atoms with Gasteiger partial charge in [0.15, 0.2) is 11.5 Å². The van der Waals surface area contributed by atoms with Crippen LogP contribution in [0.25, 0.3) is 0 Å². The summed E-state index contributed by atoms with van der Waals surface area (Å²) in [6.45, 7) is 4.19. The van der Waals surface area contributed by atoms with Crippen LogP contribution in [0.1, 0.15) is 25.0 Å². The Morgan fingerprint density at radius 1 is 0.960 bits per heavy atom. The first-order valence-corrected chi connectivity index (χ1v) is 8.65. The molecule has 0 saturated heterocycles. The third-order valence-electron chi connectivity index (χ3n) is 4.03. The Morgan fingerprint density at radius 2 is 1.56 bits per heavy atom. The van der Waals surface area contributed by atoms with Crippen molar-refractivity contribution in [3.63, 3.8) is 0 Å². The minimum atomic E-state index is -0.239. The van der Waals surface area contributed by atoms with Gasteiger partial charge in [-0.05, 0) is 56.2 Å². The van der Waals surface area contributed by atoms with Crippen molar-refractivity contribution in [2.24, 2.45) is 4.99 Å². The summed E-state index contributed by atoms with van der Waals surface area (Å²) in [6, 6.07) is 9.29. The zero-order valence-corrected chi connectivity index (χ0v) is 16.1. The van der Waals surface area contributed by atoms with Gasteiger partial charge in [-0.2, -0.15) is 0 Å². The van der Waals surface area contributed by atoms with Gasteiger partial charge in [0.05, 0.1) is 19.8 Å². The molecule has 0 amide bonds. The van der Waals surface area contributed by atoms with E-state index in [1.54, 1.807) is 20.3 Å². The number of rotatable bonds is 3. The van der Waals surface area contributed by atoms with Gasteiger partial charge < -0.3 is 14.8 Å². The van der Waals surface area contributed by atoms with E-state index in [9.17, 15) is 0 Å². The largest absolute Gasteiger partial charge is 0.493 e. The number of ether oxygens (including phenoxy) is 2. The lowest BCUT2D eigenvalue weighted by Crippen LogP contribution is -2.32. The Bertz CT molecular complexity index is 827. The number of aliphatic imine (C=N–C) groups is 1. The van der Waals surface area contributed by atoms with Gasteiger partial charge in [0.25, 0.3) is 0 Å². The Labute approximate surface area is 157 Å². The van der Waals surface area contributed by atoms with Crippen molar-refractivity contribution in [1.29, 1.82) is 0 Å². The molecule has 132 valence electrons. The highest BCUT2D eigenvalue weighted by atomic mass is 35.5. The van der Waals surface area contributed by atoms with Crippen LogP contribution in [0.15, 0.2) is 35.3 Å². The summed E-state index contributed by atoms with van der Waals surface area (Å²) in [6.07, 6.45) is 0.810. The van der Waals surface area contributed by atoms with Crippen LogP contribution in [0.5, 0.6) is 11.5 Å². The summed E-state index contributed by atoms with van der Waals surface area (Å²) >= 11 is 12.2. The lowest BCUT2D eigenvalue weighted by molar-refractivity contribution is 0.353. The van der Waals surface area contributed by atoms with Crippen LogP contribution >= 0.6 is 23.2 Å². The number of anilines is 1. The van der Waals surface area contributed by atoms with Crippen molar-refractivity contribution in [2.75, 3.05) is 19.5 Å². The van der Waals surface area contributed by atoms with E-state index < -0.39 is 0 Å². The third-order valence-corrected chi connectivity index (χ3v) is 4.46. The Balaban J connectivity index is 2.08. The summed E-state index contributed by atoms with van der Waals surface area (Å²) in [7, 11) is 3.26. The number of amidine groups is 1. The molecule has 0 unspecified atom stereocenters. The molecule has 0 spiro atoms. The standard InChI is InChI=1S/C19H20Cl2N2O2/c1-19(2)10-11-5-16(24-3)17(25-4)9-15(11)18(23-19)22-14-7-12(20)6-13(21)8-14/h5-9H,10H2,1-4H3,(H,22,23). The second-order valence-electron chi connectivity index (χ2n) is 6.60. The van der Waals surface area contributed by atoms with E-state index in [0.717, 1.165) is 29.1 Å². The molecule has 1 aliphatic rings. The lowest BCUT2D eigenvalue weighted by atomic mass is 9.88. The fraction of sp³-hybridized carbons (Fsp3) is 0.316. The van der Waals surface area contributed by atoms with Gasteiger partial charge in [-0.3, -0.25) is 4.99 Å². The quantitative estimate of drug-likeness (QED) is 0.797. The number of hydrogen-bond acceptors (Lipinski definition) is 4. The highest BCUT2D eigenvalue weighted by molar-refractivity contribution is 6.35. The Hall–Kier alpha value is -1.91. The molecular weight excluding hydrogens is 359 g/mol. The summed E-state index contributed by atoms with van der Waals surface area (Å²) in [5, 5.41) is 4.48. The van der Waals surface area contributed by atoms with E-state index in [-0.39, 0.29) is 5.54 Å². The van der Waals surface area contributed by atoms with Crippen LogP contribution in [0.4, 0.5) is 5.69 Å². The van der Waals surface area contributed by atoms with E-state index in [2.05, 4.69) is 19.2 Å². The number of halogens is 2. The van der Waals surface area contributed by atoms with Crippen LogP contribution in [0.3, 0.4) is 0 Å². The summed E-state index contributed by atoms with van der Waals surface area (Å²) < 4.78 is 10.9. The van der Waals surface area contributed by atoms with E-state index in [1.807, 2.05) is 24.3 Å². The first-order valence-electron chi connectivity index (χ1n) is 7.89. The van der Waals surface area contributed by atoms with E-state index in [4.69, 9.17) is 37.7 Å². The number of hydrogen-bond donors (Lipinski definition) is 1. The van der Waals surface area contributed by atoms with Crippen LogP contribution in [-0.2, 0) is 6.42 Å². The lowest BCUT2D eigenvalue weighted by Gasteiger charge is -2.30. The molecule has 0 bridgehead atoms. The summed E-state index contributed by atoms with van der Waals surface area (Å²) in [5.74, 6) is 2.13. The fourth-order valence-electron chi connectivity index (χ4n) is 3.01. The number of methoxy groups -OCH3 is 2. The fourth-order valence-corrected chi connectivity index (χ4v) is 3.54. The molecule has 3 rings (SSSR count). The van der Waals surface area contributed by atoms with E-state index >= 15 is 0 Å². The monoisotopic (exact) mass is 378 g/mol. The molecule has 1 N–H and O–H groups in total. The van der Waals surface area contributed by atoms with Crippen LogP contribution in [-0.4, -0.2) is 25.6 Å². The maximum Gasteiger partial charge on any atom is 0.161 e. The second kappa shape index (κ2) is 6.77. The van der Waals surface area contributed by atoms with E-state index in [1.165, 1.54) is 0 Å². The SMILES string of the molecule is COc1cc2c(cc1OC)C(Nc1cc(Cl)cc(Cl)c1)=NC(C)(C)C2. The van der Waals surface area contributed by atoms with Gasteiger partial charge >= 0.3 is 0 Å². The zero-order chi connectivity index (χ0) is 18.2. The molecule has 1 heterocycles. The zero-order valence-electron chi connectivity index (χ0n) is 14.6. The molecule has 0 atom stereocenters. The van der Waals surface area contributed by atoms with Crippen molar-refractivity contribution in [1.82, 2.24) is 0 Å². The third kappa shape index (κ3) is 3.86. The maximum absolute atomic E-state index is 6.11. The highest BCUT2D eigenvalue weighted by Crippen LogP contribution is 2.36. The number of nitrogens with zero attached hydrogens (tertiary/aromatic N) is 1. The summed E-state index contributed by atoms with van der Waals surface area (Å²) in [5.41, 5.74) is 2.67. The topological polar surface area (TPSA) is 42.9 Å². The van der Waals surface area contributed by atoms with Crippen LogP contribution in [0, 0.1) is 0 Å². The first kappa shape index (κ1) is 17.9. The van der Waals surface area contributed by atoms with Gasteiger partial charge in [0, 0.05) is 21.3 Å². The molecule has 0 aromatic heterocycles. The normalized spacial score (nSPS) is 15.2. The van der Waals surface area contributed by atoms with Gasteiger partial charge in [0.1, 0.15) is 5.84 Å². The second-order valence-corrected chi connectivity index (χ2v) is 7.47. The molecule has 6 heteroatoms. The van der Waals surface area contributed by atoms with Crippen LogP contribution < -0.4 is 14.8 Å². The first-order chi connectivity index (χ1) is 11.8. The molecule has 0 saturated carbocycles. The molecule has 0 aliphatic carbocycles. The van der Waals surface area contributed by atoms with Gasteiger partial charge in [-0.25, -0.2) is 0 Å². The highest BCUT2D eigenvalue weighted by Gasteiger charge is 2.28. The Kier molecular flexibility index (Phi) is 4.85. The Morgan fingerprint density at radius 3 is 2.16 bits per heavy atom. The van der Waals surface area contributed by atoms with Crippen molar-refractivity contribution in [3.05, 3.63) is 51.5 Å². The predicted molar refractivity (Wildman–Crippen MR) is 104 cm³/mol. The molecule has 0 fully saturated rings. The average molecular weight is 379 g/mol. The number of benzene rings is 2. The van der Waals surface area contributed by atoms with Gasteiger partial charge in [-0.15, -0.1) is 0 Å². The van der Waals surface area contributed by atoms with Gasteiger partial charge in [-0.1, -0.05) is 23.2 Å². The van der Waals surface area contributed by atoms with Gasteiger partial charge in [0.2, 0.25) is 0 Å². The van der Waals surface area contributed by atoms with Crippen molar-refractivity contribution in [3.8, 4) is 11.5 Å². The number of fused-ring (bicyclic) bond motifs is 1. The molecular formula is C19H20Cl2N2O2. The predicted octanol–water partition coefficient (Wildman–Crippen LogP) is 5.20. The molecule has 4 nitrogen and oxygen atoms in total. The maximum atomic E-state index is 6.11. The van der Waals surface area contributed by atoms with Crippen molar-refractivity contribution >= 4 is 34.7 Å². The molecule has 1 aliphatic heterocycles. The van der Waals surface area contributed by atoms with Crippen molar-refractivity contribution in [2.45, 2.75) is 25.8 Å². The smallest absolute Gasteiger partial charge is 0.161 e.